The molecule has 2 atom stereocenters. The Hall–Kier alpha value is -1.01. The minimum Gasteiger partial charge on any atom is -0.479 e. The number of rotatable bonds is 6. The highest BCUT2D eigenvalue weighted by molar-refractivity contribution is 8.23. The van der Waals surface area contributed by atoms with E-state index in [1.807, 2.05) is 0 Å². The van der Waals surface area contributed by atoms with Gasteiger partial charge in [0.1, 0.15) is 0 Å². The van der Waals surface area contributed by atoms with Crippen molar-refractivity contribution in [2.75, 3.05) is 6.61 Å². The number of hydrogen-bond donors (Lipinski definition) is 0. The number of ether oxygens (including phenoxy) is 2. The Kier molecular flexibility index (Phi) is 8.57. The molecular formula is C11H14F3NO3S2. The molecule has 0 radical (unpaired) electrons. The minimum atomic E-state index is -4.69. The van der Waals surface area contributed by atoms with Gasteiger partial charge in [-0.05, 0) is 19.1 Å². The van der Waals surface area contributed by atoms with Crippen molar-refractivity contribution in [2.24, 2.45) is 0 Å². The van der Waals surface area contributed by atoms with E-state index in [2.05, 4.69) is 4.74 Å². The number of nitriles is 1. The number of alkyl halides is 3. The molecule has 0 aliphatic rings. The van der Waals surface area contributed by atoms with Gasteiger partial charge in [-0.25, -0.2) is 0 Å². The summed E-state index contributed by atoms with van der Waals surface area (Å²) in [6.07, 6.45) is -7.65. The first-order chi connectivity index (χ1) is 9.20. The molecule has 0 saturated heterocycles. The first-order valence-corrected chi connectivity index (χ1v) is 6.93. The SMILES string of the molecule is CCOC(=S)SC(CC#N)CC(OC(C)=O)C(F)(F)F. The first kappa shape index (κ1) is 19.0. The number of carbonyl (C=O) groups excluding carboxylic acids is 1. The van der Waals surface area contributed by atoms with Gasteiger partial charge in [0.15, 0.2) is 6.10 Å². The van der Waals surface area contributed by atoms with Crippen LogP contribution in [0.5, 0.6) is 0 Å². The summed E-state index contributed by atoms with van der Waals surface area (Å²) < 4.78 is 47.5. The summed E-state index contributed by atoms with van der Waals surface area (Å²) in [6.45, 7) is 2.87. The molecule has 0 aromatic heterocycles. The van der Waals surface area contributed by atoms with E-state index in [4.69, 9.17) is 22.2 Å². The molecule has 114 valence electrons. The molecule has 0 amide bonds. The van der Waals surface area contributed by atoms with Crippen LogP contribution in [0.1, 0.15) is 26.7 Å². The van der Waals surface area contributed by atoms with Gasteiger partial charge >= 0.3 is 12.1 Å². The Morgan fingerprint density at radius 2 is 2.10 bits per heavy atom. The summed E-state index contributed by atoms with van der Waals surface area (Å²) in [5.74, 6) is -1.03. The highest BCUT2D eigenvalue weighted by Gasteiger charge is 2.43. The molecule has 0 aromatic rings. The first-order valence-electron chi connectivity index (χ1n) is 5.65. The van der Waals surface area contributed by atoms with Crippen molar-refractivity contribution in [3.05, 3.63) is 0 Å². The molecule has 20 heavy (non-hydrogen) atoms. The van der Waals surface area contributed by atoms with E-state index in [-0.39, 0.29) is 17.4 Å². The van der Waals surface area contributed by atoms with Crippen molar-refractivity contribution in [3.8, 4) is 6.07 Å². The summed E-state index contributed by atoms with van der Waals surface area (Å²) in [5.41, 5.74) is 0. The number of halogens is 3. The zero-order valence-corrected chi connectivity index (χ0v) is 12.5. The third kappa shape index (κ3) is 8.22. The highest BCUT2D eigenvalue weighted by Crippen LogP contribution is 2.31. The molecule has 0 bridgehead atoms. The normalized spacial score (nSPS) is 14.0. The van der Waals surface area contributed by atoms with Crippen molar-refractivity contribution in [1.82, 2.24) is 0 Å². The van der Waals surface area contributed by atoms with E-state index < -0.39 is 29.9 Å². The van der Waals surface area contributed by atoms with Crippen LogP contribution >= 0.6 is 24.0 Å². The van der Waals surface area contributed by atoms with E-state index >= 15 is 0 Å². The molecule has 0 N–H and O–H groups in total. The van der Waals surface area contributed by atoms with Gasteiger partial charge in [0.05, 0.1) is 12.7 Å². The number of hydrogen-bond acceptors (Lipinski definition) is 6. The monoisotopic (exact) mass is 329 g/mol. The molecule has 0 spiro atoms. The molecule has 2 unspecified atom stereocenters. The minimum absolute atomic E-state index is 0.0662. The molecule has 0 aliphatic heterocycles. The standard InChI is InChI=1S/C11H14F3NO3S2/c1-3-17-10(19)20-8(4-5-15)6-9(11(12,13)14)18-7(2)16/h8-9H,3-4,6H2,1-2H3. The second kappa shape index (κ2) is 9.02. The quantitative estimate of drug-likeness (QED) is 0.551. The average molecular weight is 329 g/mol. The zero-order valence-electron chi connectivity index (χ0n) is 10.9. The van der Waals surface area contributed by atoms with Crippen molar-refractivity contribution in [1.29, 1.82) is 5.26 Å². The summed E-state index contributed by atoms with van der Waals surface area (Å²) >= 11 is 5.68. The van der Waals surface area contributed by atoms with Gasteiger partial charge in [-0.2, -0.15) is 18.4 Å². The van der Waals surface area contributed by atoms with E-state index in [0.717, 1.165) is 18.7 Å². The maximum absolute atomic E-state index is 12.7. The molecule has 0 aromatic carbocycles. The third-order valence-electron chi connectivity index (χ3n) is 1.99. The number of esters is 1. The lowest BCUT2D eigenvalue weighted by molar-refractivity contribution is -0.221. The number of carbonyl (C=O) groups is 1. The number of thioether (sulfide) groups is 1. The topological polar surface area (TPSA) is 59.3 Å². The summed E-state index contributed by atoms with van der Waals surface area (Å²) in [4.78, 5) is 10.7. The van der Waals surface area contributed by atoms with Gasteiger partial charge in [-0.1, -0.05) is 11.8 Å². The molecule has 0 saturated carbocycles. The van der Waals surface area contributed by atoms with Gasteiger partial charge in [-0.15, -0.1) is 0 Å². The van der Waals surface area contributed by atoms with Crippen LogP contribution in [0, 0.1) is 11.3 Å². The van der Waals surface area contributed by atoms with Gasteiger partial charge in [-0.3, -0.25) is 4.79 Å². The molecular weight excluding hydrogens is 315 g/mol. The van der Waals surface area contributed by atoms with Crippen LogP contribution in [0.2, 0.25) is 0 Å². The third-order valence-corrected chi connectivity index (χ3v) is 3.40. The Morgan fingerprint density at radius 1 is 1.50 bits per heavy atom. The second-order valence-corrected chi connectivity index (χ2v) is 5.56. The summed E-state index contributed by atoms with van der Waals surface area (Å²) in [7, 11) is 0. The number of thiocarbonyl (C=S) groups is 1. The predicted octanol–water partition coefficient (Wildman–Crippen LogP) is 3.21. The maximum atomic E-state index is 12.7. The Bertz CT molecular complexity index is 382. The molecule has 0 heterocycles. The van der Waals surface area contributed by atoms with Crippen LogP contribution in [0.25, 0.3) is 0 Å². The van der Waals surface area contributed by atoms with Crippen LogP contribution < -0.4 is 0 Å². The van der Waals surface area contributed by atoms with Crippen molar-refractivity contribution < 1.29 is 27.4 Å². The van der Waals surface area contributed by atoms with Crippen molar-refractivity contribution in [2.45, 2.75) is 44.2 Å². The van der Waals surface area contributed by atoms with Crippen LogP contribution in [-0.2, 0) is 14.3 Å². The fourth-order valence-corrected chi connectivity index (χ4v) is 2.66. The van der Waals surface area contributed by atoms with Crippen LogP contribution in [0.3, 0.4) is 0 Å². The predicted molar refractivity (Wildman–Crippen MR) is 72.1 cm³/mol. The summed E-state index contributed by atoms with van der Waals surface area (Å²) in [5, 5.41) is 7.88. The molecule has 4 nitrogen and oxygen atoms in total. The van der Waals surface area contributed by atoms with Crippen LogP contribution in [0.15, 0.2) is 0 Å². The Morgan fingerprint density at radius 3 is 2.50 bits per heavy atom. The maximum Gasteiger partial charge on any atom is 0.425 e. The zero-order chi connectivity index (χ0) is 15.8. The Balaban J connectivity index is 4.78. The molecule has 9 heteroatoms. The van der Waals surface area contributed by atoms with Crippen molar-refractivity contribution >= 4 is 34.3 Å². The average Bonchev–Trinajstić information content (AvgIpc) is 2.26. The van der Waals surface area contributed by atoms with E-state index in [9.17, 15) is 18.0 Å². The second-order valence-electron chi connectivity index (χ2n) is 3.66. The fraction of sp³-hybridized carbons (Fsp3) is 0.727. The van der Waals surface area contributed by atoms with Crippen LogP contribution in [0.4, 0.5) is 13.2 Å². The lowest BCUT2D eigenvalue weighted by Crippen LogP contribution is -2.36. The van der Waals surface area contributed by atoms with Gasteiger partial charge in [0.25, 0.3) is 0 Å². The lowest BCUT2D eigenvalue weighted by atomic mass is 10.1. The lowest BCUT2D eigenvalue weighted by Gasteiger charge is -2.23. The van der Waals surface area contributed by atoms with E-state index in [1.54, 1.807) is 13.0 Å². The van der Waals surface area contributed by atoms with Crippen molar-refractivity contribution in [3.63, 3.8) is 0 Å². The van der Waals surface area contributed by atoms with Crippen LogP contribution in [-0.4, -0.2) is 34.5 Å². The van der Waals surface area contributed by atoms with Gasteiger partial charge in [0, 0.05) is 25.0 Å². The molecule has 0 fully saturated rings. The van der Waals surface area contributed by atoms with E-state index in [1.165, 1.54) is 0 Å². The molecule has 0 aliphatic carbocycles. The fourth-order valence-electron chi connectivity index (χ4n) is 1.25. The smallest absolute Gasteiger partial charge is 0.425 e. The van der Waals surface area contributed by atoms with Gasteiger partial charge < -0.3 is 9.47 Å². The molecule has 0 rings (SSSR count). The highest BCUT2D eigenvalue weighted by atomic mass is 32.2. The summed E-state index contributed by atoms with van der Waals surface area (Å²) in [6, 6.07) is 1.78. The number of nitrogens with zero attached hydrogens (tertiary/aromatic N) is 1. The van der Waals surface area contributed by atoms with Gasteiger partial charge in [0.2, 0.25) is 4.38 Å². The van der Waals surface area contributed by atoms with E-state index in [0.29, 0.717) is 0 Å². The largest absolute Gasteiger partial charge is 0.479 e. The Labute approximate surface area is 124 Å².